The van der Waals surface area contributed by atoms with Crippen molar-refractivity contribution in [1.29, 1.82) is 0 Å². The van der Waals surface area contributed by atoms with E-state index in [1.54, 1.807) is 16.7 Å². The molecule has 1 aliphatic heterocycles. The molecule has 1 aromatic carbocycles. The molecule has 2 aliphatic rings. The van der Waals surface area contributed by atoms with E-state index in [0.29, 0.717) is 18.0 Å². The summed E-state index contributed by atoms with van der Waals surface area (Å²) in [5.41, 5.74) is 0.981. The molecule has 4 rings (SSSR count). The summed E-state index contributed by atoms with van der Waals surface area (Å²) in [6, 6.07) is 9.68. The Bertz CT molecular complexity index is 1030. The molecule has 7 heteroatoms. The molecule has 1 aliphatic carbocycles. The second-order valence-electron chi connectivity index (χ2n) is 10.6. The maximum atomic E-state index is 13.8. The Hall–Kier alpha value is -2.83. The zero-order valence-electron chi connectivity index (χ0n) is 20.5. The second kappa shape index (κ2) is 8.84. The highest BCUT2D eigenvalue weighted by atomic mass is 16.5. The first-order valence-electron chi connectivity index (χ1n) is 12.0. The van der Waals surface area contributed by atoms with Crippen LogP contribution in [0.5, 0.6) is 5.75 Å². The molecular formula is C26H36N4O3. The van der Waals surface area contributed by atoms with Crippen molar-refractivity contribution < 1.29 is 14.3 Å². The highest BCUT2D eigenvalue weighted by molar-refractivity contribution is 5.99. The zero-order chi connectivity index (χ0) is 23.8. The summed E-state index contributed by atoms with van der Waals surface area (Å²) in [7, 11) is 1.62. The van der Waals surface area contributed by atoms with Gasteiger partial charge in [0.1, 0.15) is 17.0 Å². The largest absolute Gasteiger partial charge is 0.496 e. The Morgan fingerprint density at radius 2 is 1.91 bits per heavy atom. The molecule has 0 bridgehead atoms. The summed E-state index contributed by atoms with van der Waals surface area (Å²) in [5.74, 6) is 0.405. The lowest BCUT2D eigenvalue weighted by atomic mass is 9.90. The Balaban J connectivity index is 1.72. The number of hydrogen-bond acceptors (Lipinski definition) is 4. The minimum Gasteiger partial charge on any atom is -0.496 e. The quantitative estimate of drug-likeness (QED) is 0.742. The number of methoxy groups -OCH3 is 1. The summed E-state index contributed by atoms with van der Waals surface area (Å²) in [4.78, 5) is 29.2. The highest BCUT2D eigenvalue weighted by Crippen LogP contribution is 2.33. The molecule has 0 spiro atoms. The molecule has 1 aromatic heterocycles. The van der Waals surface area contributed by atoms with Crippen LogP contribution in [0, 0.1) is 0 Å². The molecule has 0 saturated heterocycles. The van der Waals surface area contributed by atoms with Gasteiger partial charge in [-0.25, -0.2) is 0 Å². The number of nitrogens with zero attached hydrogens (tertiary/aromatic N) is 3. The SMILES string of the molecule is COc1ccccc1CN1C(=O)c2cc(C(C)(C)C)nn2CC1(C)C(=O)NC1CCCCC1. The molecule has 1 saturated carbocycles. The van der Waals surface area contributed by atoms with Crippen LogP contribution in [0.25, 0.3) is 0 Å². The van der Waals surface area contributed by atoms with Gasteiger partial charge in [0.2, 0.25) is 5.91 Å². The fourth-order valence-corrected chi connectivity index (χ4v) is 4.85. The van der Waals surface area contributed by atoms with Crippen molar-refractivity contribution in [2.45, 2.75) is 89.9 Å². The van der Waals surface area contributed by atoms with Gasteiger partial charge < -0.3 is 15.0 Å². The normalized spacial score (nSPS) is 21.6. The topological polar surface area (TPSA) is 76.5 Å². The van der Waals surface area contributed by atoms with Gasteiger partial charge in [-0.1, -0.05) is 58.2 Å². The molecule has 7 nitrogen and oxygen atoms in total. The van der Waals surface area contributed by atoms with Gasteiger partial charge in [-0.3, -0.25) is 14.3 Å². The number of hydrogen-bond donors (Lipinski definition) is 1. The maximum Gasteiger partial charge on any atom is 0.273 e. The van der Waals surface area contributed by atoms with Crippen LogP contribution in [0.15, 0.2) is 30.3 Å². The third-order valence-electron chi connectivity index (χ3n) is 7.02. The van der Waals surface area contributed by atoms with Crippen LogP contribution in [-0.2, 0) is 23.3 Å². The van der Waals surface area contributed by atoms with E-state index >= 15 is 0 Å². The van der Waals surface area contributed by atoms with Crippen molar-refractivity contribution in [1.82, 2.24) is 20.0 Å². The van der Waals surface area contributed by atoms with E-state index in [1.807, 2.05) is 37.3 Å². The molecule has 1 unspecified atom stereocenters. The van der Waals surface area contributed by atoms with Gasteiger partial charge in [0, 0.05) is 17.0 Å². The van der Waals surface area contributed by atoms with Gasteiger partial charge in [0.15, 0.2) is 0 Å². The number of benzene rings is 1. The van der Waals surface area contributed by atoms with Gasteiger partial charge in [-0.05, 0) is 31.9 Å². The van der Waals surface area contributed by atoms with Gasteiger partial charge >= 0.3 is 0 Å². The number of rotatable bonds is 5. The van der Waals surface area contributed by atoms with Crippen molar-refractivity contribution in [2.75, 3.05) is 7.11 Å². The van der Waals surface area contributed by atoms with E-state index in [4.69, 9.17) is 9.84 Å². The fourth-order valence-electron chi connectivity index (χ4n) is 4.85. The Labute approximate surface area is 196 Å². The maximum absolute atomic E-state index is 13.8. The summed E-state index contributed by atoms with van der Waals surface area (Å²) in [5, 5.41) is 7.99. The van der Waals surface area contributed by atoms with E-state index < -0.39 is 5.54 Å². The number of para-hydroxylation sites is 1. The minimum absolute atomic E-state index is 0.115. The molecule has 2 heterocycles. The lowest BCUT2D eigenvalue weighted by Crippen LogP contribution is -2.64. The van der Waals surface area contributed by atoms with Crippen molar-refractivity contribution >= 4 is 11.8 Å². The standard InChI is InChI=1S/C26H36N4O3/c1-25(2,3)22-15-20-23(31)29(16-18-11-9-10-14-21(18)33-5)26(4,17-30(20)28-22)24(32)27-19-12-7-6-8-13-19/h9-11,14-15,19H,6-8,12-13,16-17H2,1-5H3,(H,27,32). The lowest BCUT2D eigenvalue weighted by molar-refractivity contribution is -0.134. The Morgan fingerprint density at radius 1 is 1.21 bits per heavy atom. The number of nitrogens with one attached hydrogen (secondary N) is 1. The molecule has 178 valence electrons. The second-order valence-corrected chi connectivity index (χ2v) is 10.6. The number of carbonyl (C=O) groups excluding carboxylic acids is 2. The number of aromatic nitrogens is 2. The van der Waals surface area contributed by atoms with Crippen molar-refractivity contribution in [3.05, 3.63) is 47.3 Å². The molecule has 1 fully saturated rings. The summed E-state index contributed by atoms with van der Waals surface area (Å²) in [6.45, 7) is 8.69. The first-order valence-corrected chi connectivity index (χ1v) is 12.0. The van der Waals surface area contributed by atoms with Crippen molar-refractivity contribution in [3.63, 3.8) is 0 Å². The van der Waals surface area contributed by atoms with Crippen LogP contribution in [0.1, 0.15) is 81.5 Å². The molecule has 2 amide bonds. The van der Waals surface area contributed by atoms with Crippen molar-refractivity contribution in [2.24, 2.45) is 0 Å². The van der Waals surface area contributed by atoms with Crippen LogP contribution in [-0.4, -0.2) is 45.2 Å². The van der Waals surface area contributed by atoms with Gasteiger partial charge in [0.25, 0.3) is 5.91 Å². The predicted octanol–water partition coefficient (Wildman–Crippen LogP) is 4.05. The number of amides is 2. The molecular weight excluding hydrogens is 416 g/mol. The Kier molecular flexibility index (Phi) is 6.25. The molecule has 0 radical (unpaired) electrons. The van der Waals surface area contributed by atoms with Crippen molar-refractivity contribution in [3.8, 4) is 5.75 Å². The van der Waals surface area contributed by atoms with E-state index in [-0.39, 0.29) is 29.8 Å². The van der Waals surface area contributed by atoms with Gasteiger partial charge in [-0.2, -0.15) is 5.10 Å². The molecule has 1 N–H and O–H groups in total. The summed E-state index contributed by atoms with van der Waals surface area (Å²) < 4.78 is 7.26. The van der Waals surface area contributed by atoms with Gasteiger partial charge in [-0.15, -0.1) is 0 Å². The number of ether oxygens (including phenoxy) is 1. The van der Waals surface area contributed by atoms with E-state index in [2.05, 4.69) is 26.1 Å². The van der Waals surface area contributed by atoms with Crippen LogP contribution in [0.4, 0.5) is 0 Å². The third kappa shape index (κ3) is 4.50. The average Bonchev–Trinajstić information content (AvgIpc) is 3.22. The van der Waals surface area contributed by atoms with Crippen LogP contribution in [0.3, 0.4) is 0 Å². The highest BCUT2D eigenvalue weighted by Gasteiger charge is 2.49. The van der Waals surface area contributed by atoms with E-state index in [1.165, 1.54) is 6.42 Å². The van der Waals surface area contributed by atoms with Crippen LogP contribution < -0.4 is 10.1 Å². The number of fused-ring (bicyclic) bond motifs is 1. The van der Waals surface area contributed by atoms with Crippen LogP contribution >= 0.6 is 0 Å². The molecule has 33 heavy (non-hydrogen) atoms. The van der Waals surface area contributed by atoms with E-state index in [9.17, 15) is 9.59 Å². The predicted molar refractivity (Wildman–Crippen MR) is 127 cm³/mol. The number of carbonyl (C=O) groups is 2. The Morgan fingerprint density at radius 3 is 2.58 bits per heavy atom. The minimum atomic E-state index is -1.07. The summed E-state index contributed by atoms with van der Waals surface area (Å²) in [6.07, 6.45) is 5.45. The zero-order valence-corrected chi connectivity index (χ0v) is 20.5. The van der Waals surface area contributed by atoms with Crippen LogP contribution in [0.2, 0.25) is 0 Å². The lowest BCUT2D eigenvalue weighted by Gasteiger charge is -2.44. The molecule has 2 aromatic rings. The monoisotopic (exact) mass is 452 g/mol. The first-order chi connectivity index (χ1) is 15.6. The van der Waals surface area contributed by atoms with Gasteiger partial charge in [0.05, 0.1) is 25.9 Å². The van der Waals surface area contributed by atoms with E-state index in [0.717, 1.165) is 36.9 Å². The smallest absolute Gasteiger partial charge is 0.273 e. The summed E-state index contributed by atoms with van der Waals surface area (Å²) >= 11 is 0. The fraction of sp³-hybridized carbons (Fsp3) is 0.577. The first kappa shape index (κ1) is 23.3. The average molecular weight is 453 g/mol. The molecule has 1 atom stereocenters. The third-order valence-corrected chi connectivity index (χ3v) is 7.02.